The highest BCUT2D eigenvalue weighted by Gasteiger charge is 2.14. The minimum absolute atomic E-state index is 0.826. The van der Waals surface area contributed by atoms with Crippen LogP contribution in [-0.2, 0) is 6.42 Å². The van der Waals surface area contributed by atoms with E-state index in [9.17, 15) is 0 Å². The third kappa shape index (κ3) is 2.34. The molecule has 0 aliphatic heterocycles. The number of aryl methyl sites for hydroxylation is 2. The lowest BCUT2D eigenvalue weighted by atomic mass is 10.0. The first-order valence-electron chi connectivity index (χ1n) is 7.02. The Bertz CT molecular complexity index is 935. The first-order valence-corrected chi connectivity index (χ1v) is 8.71. The highest BCUT2D eigenvalue weighted by Crippen LogP contribution is 2.26. The van der Waals surface area contributed by atoms with Gasteiger partial charge in [-0.05, 0) is 42.0 Å². The smallest absolute Gasteiger partial charge is 0.182 e. The Hall–Kier alpha value is -2.05. The zero-order chi connectivity index (χ0) is 15.1. The maximum Gasteiger partial charge on any atom is 0.235 e. The van der Waals surface area contributed by atoms with Crippen LogP contribution in [-0.4, -0.2) is 19.8 Å². The molecule has 0 amide bonds. The molecule has 3 heterocycles. The Balaban J connectivity index is 1.69. The minimum atomic E-state index is 0.826. The van der Waals surface area contributed by atoms with Crippen molar-refractivity contribution in [3.63, 3.8) is 0 Å². The van der Waals surface area contributed by atoms with Crippen molar-refractivity contribution in [2.24, 2.45) is 0 Å². The molecule has 6 heteroatoms. The summed E-state index contributed by atoms with van der Waals surface area (Å²) in [6.45, 7) is 4.28. The Morgan fingerprint density at radius 2 is 2.00 bits per heavy atom. The minimum Gasteiger partial charge on any atom is -0.182 e. The van der Waals surface area contributed by atoms with Crippen molar-refractivity contribution in [3.8, 4) is 10.7 Å². The van der Waals surface area contributed by atoms with Crippen LogP contribution in [0.25, 0.3) is 15.7 Å². The van der Waals surface area contributed by atoms with E-state index in [0.29, 0.717) is 0 Å². The molecule has 0 N–H and O–H groups in total. The van der Waals surface area contributed by atoms with E-state index < -0.39 is 0 Å². The predicted molar refractivity (Wildman–Crippen MR) is 90.7 cm³/mol. The summed E-state index contributed by atoms with van der Waals surface area (Å²) < 4.78 is 1.85. The van der Waals surface area contributed by atoms with E-state index in [4.69, 9.17) is 5.10 Å². The summed E-state index contributed by atoms with van der Waals surface area (Å²) in [5.41, 5.74) is 3.92. The largest absolute Gasteiger partial charge is 0.235 e. The van der Waals surface area contributed by atoms with Crippen LogP contribution in [0.5, 0.6) is 0 Å². The predicted octanol–water partition coefficient (Wildman–Crippen LogP) is 4.12. The van der Waals surface area contributed by atoms with Gasteiger partial charge in [0.25, 0.3) is 0 Å². The van der Waals surface area contributed by atoms with Gasteiger partial charge in [-0.2, -0.15) is 9.61 Å². The number of hydrogen-bond donors (Lipinski definition) is 0. The van der Waals surface area contributed by atoms with Gasteiger partial charge in [0.1, 0.15) is 5.01 Å². The van der Waals surface area contributed by atoms with Crippen LogP contribution in [0.2, 0.25) is 0 Å². The molecule has 0 spiro atoms. The van der Waals surface area contributed by atoms with Gasteiger partial charge in [-0.1, -0.05) is 35.6 Å². The van der Waals surface area contributed by atoms with Crippen molar-refractivity contribution in [2.45, 2.75) is 20.3 Å². The molecule has 22 heavy (non-hydrogen) atoms. The molecule has 0 aliphatic rings. The third-order valence-electron chi connectivity index (χ3n) is 3.70. The standard InChI is InChI=1S/C16H14N4S2/c1-10-5-6-12(8-11(10)2)9-14-19-20-15(13-4-3-7-21-13)17-18-16(20)22-14/h3-8H,9H2,1-2H3. The van der Waals surface area contributed by atoms with E-state index in [0.717, 1.165) is 27.1 Å². The van der Waals surface area contributed by atoms with Crippen LogP contribution in [0.3, 0.4) is 0 Å². The van der Waals surface area contributed by atoms with Gasteiger partial charge in [0.2, 0.25) is 4.96 Å². The fourth-order valence-electron chi connectivity index (χ4n) is 2.38. The Morgan fingerprint density at radius 3 is 2.77 bits per heavy atom. The lowest BCUT2D eigenvalue weighted by molar-refractivity contribution is 0.919. The Morgan fingerprint density at radius 1 is 1.09 bits per heavy atom. The summed E-state index contributed by atoms with van der Waals surface area (Å²) in [5.74, 6) is 0.826. The lowest BCUT2D eigenvalue weighted by Crippen LogP contribution is -1.93. The Kier molecular flexibility index (Phi) is 3.28. The van der Waals surface area contributed by atoms with Crippen molar-refractivity contribution in [2.75, 3.05) is 0 Å². The maximum absolute atomic E-state index is 4.69. The second kappa shape index (κ2) is 5.30. The van der Waals surface area contributed by atoms with E-state index in [1.807, 2.05) is 22.0 Å². The topological polar surface area (TPSA) is 43.1 Å². The fraction of sp³-hybridized carbons (Fsp3) is 0.188. The lowest BCUT2D eigenvalue weighted by Gasteiger charge is -2.02. The fourth-order valence-corrected chi connectivity index (χ4v) is 3.94. The summed E-state index contributed by atoms with van der Waals surface area (Å²) in [7, 11) is 0. The number of nitrogens with zero attached hydrogens (tertiary/aromatic N) is 4. The van der Waals surface area contributed by atoms with Crippen molar-refractivity contribution >= 4 is 27.6 Å². The molecule has 4 aromatic rings. The van der Waals surface area contributed by atoms with Crippen molar-refractivity contribution < 1.29 is 0 Å². The molecule has 0 fully saturated rings. The van der Waals surface area contributed by atoms with Crippen molar-refractivity contribution in [3.05, 3.63) is 57.4 Å². The molecule has 0 aliphatic carbocycles. The summed E-state index contributed by atoms with van der Waals surface area (Å²) in [4.78, 5) is 1.94. The monoisotopic (exact) mass is 326 g/mol. The van der Waals surface area contributed by atoms with Gasteiger partial charge in [0, 0.05) is 6.42 Å². The highest BCUT2D eigenvalue weighted by molar-refractivity contribution is 7.16. The molecule has 3 aromatic heterocycles. The van der Waals surface area contributed by atoms with E-state index in [-0.39, 0.29) is 0 Å². The third-order valence-corrected chi connectivity index (χ3v) is 5.47. The SMILES string of the molecule is Cc1ccc(Cc2nn3c(-c4cccs4)nnc3s2)cc1C. The normalized spacial score (nSPS) is 11.4. The molecule has 0 atom stereocenters. The quantitative estimate of drug-likeness (QED) is 0.569. The average Bonchev–Trinajstić information content (AvgIpc) is 3.18. The van der Waals surface area contributed by atoms with Gasteiger partial charge in [-0.25, -0.2) is 0 Å². The molecule has 0 bridgehead atoms. The molecule has 110 valence electrons. The van der Waals surface area contributed by atoms with Gasteiger partial charge in [0.05, 0.1) is 4.88 Å². The molecule has 4 rings (SSSR count). The second-order valence-electron chi connectivity index (χ2n) is 5.29. The Labute approximate surface area is 136 Å². The maximum atomic E-state index is 4.69. The summed E-state index contributed by atoms with van der Waals surface area (Å²) >= 11 is 3.26. The summed E-state index contributed by atoms with van der Waals surface area (Å²) in [6, 6.07) is 10.6. The van der Waals surface area contributed by atoms with Gasteiger partial charge in [-0.15, -0.1) is 21.5 Å². The highest BCUT2D eigenvalue weighted by atomic mass is 32.1. The van der Waals surface area contributed by atoms with Crippen LogP contribution in [0.1, 0.15) is 21.7 Å². The van der Waals surface area contributed by atoms with Crippen LogP contribution in [0.15, 0.2) is 35.7 Å². The second-order valence-corrected chi connectivity index (χ2v) is 7.27. The molecular weight excluding hydrogens is 312 g/mol. The summed E-state index contributed by atoms with van der Waals surface area (Å²) in [6.07, 6.45) is 0.832. The number of thiophene rings is 1. The van der Waals surface area contributed by atoms with Gasteiger partial charge in [-0.3, -0.25) is 0 Å². The number of hydrogen-bond acceptors (Lipinski definition) is 5. The van der Waals surface area contributed by atoms with E-state index >= 15 is 0 Å². The molecule has 0 radical (unpaired) electrons. The first kappa shape index (κ1) is 13.6. The van der Waals surface area contributed by atoms with Gasteiger partial charge >= 0.3 is 0 Å². The molecule has 1 aromatic carbocycles. The van der Waals surface area contributed by atoms with Gasteiger partial charge in [0.15, 0.2) is 5.82 Å². The first-order chi connectivity index (χ1) is 10.7. The molecule has 0 unspecified atom stereocenters. The van der Waals surface area contributed by atoms with Crippen LogP contribution >= 0.6 is 22.7 Å². The number of fused-ring (bicyclic) bond motifs is 1. The molecule has 0 saturated heterocycles. The summed E-state index contributed by atoms with van der Waals surface area (Å²) in [5, 5.41) is 16.3. The number of aromatic nitrogens is 4. The van der Waals surface area contributed by atoms with Crippen molar-refractivity contribution in [1.82, 2.24) is 19.8 Å². The van der Waals surface area contributed by atoms with Gasteiger partial charge < -0.3 is 0 Å². The molecular formula is C16H14N4S2. The van der Waals surface area contributed by atoms with E-state index in [2.05, 4.69) is 42.2 Å². The van der Waals surface area contributed by atoms with Crippen molar-refractivity contribution in [1.29, 1.82) is 0 Å². The zero-order valence-corrected chi connectivity index (χ0v) is 13.9. The van der Waals surface area contributed by atoms with Crippen LogP contribution in [0, 0.1) is 13.8 Å². The van der Waals surface area contributed by atoms with E-state index in [1.54, 1.807) is 22.7 Å². The van der Waals surface area contributed by atoms with Crippen LogP contribution in [0.4, 0.5) is 0 Å². The van der Waals surface area contributed by atoms with Crippen LogP contribution < -0.4 is 0 Å². The molecule has 0 saturated carbocycles. The molecule has 4 nitrogen and oxygen atoms in total. The zero-order valence-electron chi connectivity index (χ0n) is 12.3. The number of benzene rings is 1. The number of rotatable bonds is 3. The average molecular weight is 326 g/mol. The van der Waals surface area contributed by atoms with E-state index in [1.165, 1.54) is 16.7 Å².